The van der Waals surface area contributed by atoms with Gasteiger partial charge in [-0.2, -0.15) is 0 Å². The zero-order chi connectivity index (χ0) is 21.7. The lowest BCUT2D eigenvalue weighted by Crippen LogP contribution is -2.12. The third kappa shape index (κ3) is 7.96. The molecule has 31 heavy (non-hydrogen) atoms. The molecule has 1 fully saturated rings. The predicted octanol–water partition coefficient (Wildman–Crippen LogP) is 8.48. The maximum absolute atomic E-state index is 3.32. The molecule has 0 aromatic heterocycles. The molecule has 0 N–H and O–H groups in total. The van der Waals surface area contributed by atoms with Crippen molar-refractivity contribution in [2.24, 2.45) is 5.92 Å². The second kappa shape index (κ2) is 13.1. The molecule has 1 aliphatic rings. The van der Waals surface area contributed by atoms with Gasteiger partial charge in [-0.05, 0) is 85.9 Å². The van der Waals surface area contributed by atoms with Gasteiger partial charge in [-0.1, -0.05) is 81.8 Å². The molecular formula is C31H38. The summed E-state index contributed by atoms with van der Waals surface area (Å²) in [5, 5.41) is 0. The van der Waals surface area contributed by atoms with Crippen molar-refractivity contribution < 1.29 is 0 Å². The van der Waals surface area contributed by atoms with E-state index in [9.17, 15) is 0 Å². The van der Waals surface area contributed by atoms with Crippen LogP contribution in [0.15, 0.2) is 48.5 Å². The quantitative estimate of drug-likeness (QED) is 0.317. The SMILES string of the molecule is CCCCCCCC#Cc1ccc(C#Cc2ccc(C3CCC(CC)CC3)cc2)cc1. The fraction of sp³-hybridized carbons (Fsp3) is 0.484. The van der Waals surface area contributed by atoms with Gasteiger partial charge in [-0.25, -0.2) is 0 Å². The van der Waals surface area contributed by atoms with Gasteiger partial charge >= 0.3 is 0 Å². The van der Waals surface area contributed by atoms with Crippen LogP contribution in [0.25, 0.3) is 0 Å². The number of rotatable bonds is 7. The Morgan fingerprint density at radius 2 is 1.19 bits per heavy atom. The summed E-state index contributed by atoms with van der Waals surface area (Å²) in [6.45, 7) is 4.58. The summed E-state index contributed by atoms with van der Waals surface area (Å²) in [5.41, 5.74) is 4.72. The van der Waals surface area contributed by atoms with E-state index in [0.717, 1.165) is 34.9 Å². The topological polar surface area (TPSA) is 0 Å². The van der Waals surface area contributed by atoms with Crippen molar-refractivity contribution in [3.05, 3.63) is 70.8 Å². The Labute approximate surface area is 190 Å². The van der Waals surface area contributed by atoms with Crippen LogP contribution >= 0.6 is 0 Å². The highest BCUT2D eigenvalue weighted by Crippen LogP contribution is 2.36. The minimum Gasteiger partial charge on any atom is -0.0979 e. The van der Waals surface area contributed by atoms with Gasteiger partial charge in [-0.3, -0.25) is 0 Å². The molecule has 162 valence electrons. The van der Waals surface area contributed by atoms with Crippen molar-refractivity contribution in [1.29, 1.82) is 0 Å². The first-order chi connectivity index (χ1) is 15.3. The molecule has 1 aliphatic carbocycles. The van der Waals surface area contributed by atoms with Crippen LogP contribution in [0, 0.1) is 29.6 Å². The van der Waals surface area contributed by atoms with E-state index < -0.39 is 0 Å². The second-order valence-corrected chi connectivity index (χ2v) is 9.04. The Morgan fingerprint density at radius 3 is 1.77 bits per heavy atom. The predicted molar refractivity (Wildman–Crippen MR) is 134 cm³/mol. The summed E-state index contributed by atoms with van der Waals surface area (Å²) in [7, 11) is 0. The van der Waals surface area contributed by atoms with E-state index in [1.54, 1.807) is 0 Å². The van der Waals surface area contributed by atoms with E-state index >= 15 is 0 Å². The molecule has 0 heteroatoms. The molecule has 0 heterocycles. The monoisotopic (exact) mass is 410 g/mol. The van der Waals surface area contributed by atoms with E-state index in [1.165, 1.54) is 69.8 Å². The van der Waals surface area contributed by atoms with Crippen molar-refractivity contribution in [3.8, 4) is 23.7 Å². The Kier molecular flexibility index (Phi) is 9.80. The molecule has 3 rings (SSSR count). The van der Waals surface area contributed by atoms with Gasteiger partial charge in [0.1, 0.15) is 0 Å². The summed E-state index contributed by atoms with van der Waals surface area (Å²) in [5.74, 6) is 14.9. The molecule has 2 aromatic carbocycles. The van der Waals surface area contributed by atoms with Crippen molar-refractivity contribution in [2.75, 3.05) is 0 Å². The first-order valence-corrected chi connectivity index (χ1v) is 12.5. The standard InChI is InChI=1S/C31H38/c1-3-5-6-7-8-9-10-11-27-12-14-28(15-13-27)16-17-29-20-24-31(25-21-29)30-22-18-26(4-2)19-23-30/h12-15,20-21,24-26,30H,3-9,18-19,22-23H2,1-2H3. The van der Waals surface area contributed by atoms with Crippen LogP contribution in [0.3, 0.4) is 0 Å². The Balaban J connectivity index is 1.48. The summed E-state index contributed by atoms with van der Waals surface area (Å²) >= 11 is 0. The third-order valence-corrected chi connectivity index (χ3v) is 6.68. The minimum absolute atomic E-state index is 0.745. The Hall–Kier alpha value is -2.44. The van der Waals surface area contributed by atoms with Gasteiger partial charge in [0.05, 0.1) is 0 Å². The minimum atomic E-state index is 0.745. The molecule has 0 saturated heterocycles. The molecule has 0 amide bonds. The van der Waals surface area contributed by atoms with E-state index in [2.05, 4.69) is 86.1 Å². The first kappa shape index (κ1) is 23.2. The van der Waals surface area contributed by atoms with Gasteiger partial charge in [0.25, 0.3) is 0 Å². The lowest BCUT2D eigenvalue weighted by atomic mass is 9.78. The second-order valence-electron chi connectivity index (χ2n) is 9.04. The van der Waals surface area contributed by atoms with E-state index in [0.29, 0.717) is 0 Å². The van der Waals surface area contributed by atoms with Crippen LogP contribution in [0.4, 0.5) is 0 Å². The average molecular weight is 411 g/mol. The van der Waals surface area contributed by atoms with Crippen LogP contribution in [-0.4, -0.2) is 0 Å². The zero-order valence-corrected chi connectivity index (χ0v) is 19.6. The van der Waals surface area contributed by atoms with E-state index in [1.807, 2.05) is 0 Å². The van der Waals surface area contributed by atoms with E-state index in [-0.39, 0.29) is 0 Å². The Bertz CT molecular complexity index is 885. The number of hydrogen-bond donors (Lipinski definition) is 0. The highest BCUT2D eigenvalue weighted by Gasteiger charge is 2.20. The van der Waals surface area contributed by atoms with E-state index in [4.69, 9.17) is 0 Å². The van der Waals surface area contributed by atoms with Gasteiger partial charge in [0.15, 0.2) is 0 Å². The summed E-state index contributed by atoms with van der Waals surface area (Å²) in [6, 6.07) is 17.3. The molecule has 0 atom stereocenters. The smallest absolute Gasteiger partial charge is 0.0249 e. The number of benzene rings is 2. The van der Waals surface area contributed by atoms with Gasteiger partial charge in [-0.15, -0.1) is 0 Å². The fourth-order valence-electron chi connectivity index (χ4n) is 4.51. The maximum atomic E-state index is 3.32. The fourth-order valence-corrected chi connectivity index (χ4v) is 4.51. The normalized spacial score (nSPS) is 17.9. The van der Waals surface area contributed by atoms with Crippen LogP contribution < -0.4 is 0 Å². The molecule has 0 nitrogen and oxygen atoms in total. The highest BCUT2D eigenvalue weighted by molar-refractivity contribution is 5.46. The summed E-state index contributed by atoms with van der Waals surface area (Å²) < 4.78 is 0. The van der Waals surface area contributed by atoms with Crippen LogP contribution in [-0.2, 0) is 0 Å². The summed E-state index contributed by atoms with van der Waals surface area (Å²) in [4.78, 5) is 0. The van der Waals surface area contributed by atoms with Crippen LogP contribution in [0.1, 0.15) is 113 Å². The molecular weight excluding hydrogens is 372 g/mol. The Morgan fingerprint density at radius 1 is 0.645 bits per heavy atom. The number of hydrogen-bond acceptors (Lipinski definition) is 0. The molecule has 0 unspecified atom stereocenters. The molecule has 0 radical (unpaired) electrons. The lowest BCUT2D eigenvalue weighted by molar-refractivity contribution is 0.319. The molecule has 0 aliphatic heterocycles. The van der Waals surface area contributed by atoms with Crippen molar-refractivity contribution >= 4 is 0 Å². The highest BCUT2D eigenvalue weighted by atomic mass is 14.3. The molecule has 0 spiro atoms. The average Bonchev–Trinajstić information content (AvgIpc) is 2.83. The zero-order valence-electron chi connectivity index (χ0n) is 19.6. The first-order valence-electron chi connectivity index (χ1n) is 12.5. The molecule has 1 saturated carbocycles. The van der Waals surface area contributed by atoms with Crippen molar-refractivity contribution in [3.63, 3.8) is 0 Å². The van der Waals surface area contributed by atoms with Crippen molar-refractivity contribution in [2.45, 2.75) is 90.4 Å². The molecule has 0 bridgehead atoms. The van der Waals surface area contributed by atoms with Crippen LogP contribution in [0.2, 0.25) is 0 Å². The largest absolute Gasteiger partial charge is 0.0979 e. The third-order valence-electron chi connectivity index (χ3n) is 6.68. The number of unbranched alkanes of at least 4 members (excludes halogenated alkanes) is 5. The maximum Gasteiger partial charge on any atom is 0.0249 e. The lowest BCUT2D eigenvalue weighted by Gasteiger charge is -2.28. The molecule has 2 aromatic rings. The van der Waals surface area contributed by atoms with Gasteiger partial charge < -0.3 is 0 Å². The van der Waals surface area contributed by atoms with Gasteiger partial charge in [0, 0.05) is 23.1 Å². The summed E-state index contributed by atoms with van der Waals surface area (Å²) in [6.07, 6.45) is 14.3. The van der Waals surface area contributed by atoms with Crippen molar-refractivity contribution in [1.82, 2.24) is 0 Å². The van der Waals surface area contributed by atoms with Crippen LogP contribution in [0.5, 0.6) is 0 Å². The van der Waals surface area contributed by atoms with Gasteiger partial charge in [0.2, 0.25) is 0 Å².